The average molecular weight is 433 g/mol. The van der Waals surface area contributed by atoms with E-state index in [0.29, 0.717) is 18.9 Å². The monoisotopic (exact) mass is 432 g/mol. The number of carbonyl (C=O) groups excluding carboxylic acids is 1. The molecule has 29 heavy (non-hydrogen) atoms. The lowest BCUT2D eigenvalue weighted by atomic mass is 10.1. The van der Waals surface area contributed by atoms with Crippen LogP contribution in [0.1, 0.15) is 42.6 Å². The van der Waals surface area contributed by atoms with Crippen molar-refractivity contribution in [3.63, 3.8) is 0 Å². The molecule has 0 atom stereocenters. The molecule has 6 nitrogen and oxygen atoms in total. The number of halogens is 4. The lowest BCUT2D eigenvalue weighted by molar-refractivity contribution is -0.137. The van der Waals surface area contributed by atoms with Crippen molar-refractivity contribution in [2.24, 2.45) is 0 Å². The van der Waals surface area contributed by atoms with Crippen LogP contribution in [0.15, 0.2) is 29.2 Å². The van der Waals surface area contributed by atoms with Gasteiger partial charge in [0.1, 0.15) is 5.69 Å². The number of rotatable bonds is 8. The van der Waals surface area contributed by atoms with Gasteiger partial charge in [-0.15, -0.1) is 0 Å². The van der Waals surface area contributed by atoms with E-state index in [1.165, 1.54) is 12.1 Å². The van der Waals surface area contributed by atoms with Gasteiger partial charge in [-0.05, 0) is 31.5 Å². The standard InChI is InChI=1S/C19H20ClF3N2O4/c1-3-5-6-29-16-13(20)7-11(8-15(16)28-4-2)17(26)25-14-9-12(19(21,22)23)10-24-18(14)27/h7-10H,3-6H2,1-2H3,(H,24,27)(H,25,26). The van der Waals surface area contributed by atoms with Crippen LogP contribution < -0.4 is 20.3 Å². The van der Waals surface area contributed by atoms with E-state index >= 15 is 0 Å². The van der Waals surface area contributed by atoms with Crippen LogP contribution in [0.25, 0.3) is 0 Å². The minimum absolute atomic E-state index is 0.00176. The number of alkyl halides is 3. The van der Waals surface area contributed by atoms with Crippen molar-refractivity contribution in [2.75, 3.05) is 18.5 Å². The molecule has 1 heterocycles. The number of hydrogen-bond acceptors (Lipinski definition) is 4. The maximum Gasteiger partial charge on any atom is 0.417 e. The fourth-order valence-corrected chi connectivity index (χ4v) is 2.62. The highest BCUT2D eigenvalue weighted by molar-refractivity contribution is 6.32. The van der Waals surface area contributed by atoms with E-state index in [9.17, 15) is 22.8 Å². The van der Waals surface area contributed by atoms with Gasteiger partial charge in [-0.2, -0.15) is 13.2 Å². The number of carbonyl (C=O) groups is 1. The molecule has 2 N–H and O–H groups in total. The number of aromatic amines is 1. The Morgan fingerprint density at radius 3 is 2.55 bits per heavy atom. The predicted octanol–water partition coefficient (Wildman–Crippen LogP) is 4.88. The predicted molar refractivity (Wildman–Crippen MR) is 103 cm³/mol. The van der Waals surface area contributed by atoms with E-state index in [1.54, 1.807) is 6.92 Å². The van der Waals surface area contributed by atoms with E-state index in [0.717, 1.165) is 12.8 Å². The Morgan fingerprint density at radius 1 is 1.21 bits per heavy atom. The Kier molecular flexibility index (Phi) is 7.55. The highest BCUT2D eigenvalue weighted by atomic mass is 35.5. The van der Waals surface area contributed by atoms with E-state index in [2.05, 4.69) is 5.32 Å². The van der Waals surface area contributed by atoms with Gasteiger partial charge in [0.05, 0.1) is 23.8 Å². The van der Waals surface area contributed by atoms with Gasteiger partial charge in [0, 0.05) is 11.8 Å². The first-order valence-electron chi connectivity index (χ1n) is 8.87. The maximum absolute atomic E-state index is 12.8. The number of amides is 1. The molecule has 0 saturated carbocycles. The van der Waals surface area contributed by atoms with Crippen molar-refractivity contribution in [3.05, 3.63) is 50.9 Å². The van der Waals surface area contributed by atoms with E-state index < -0.39 is 28.9 Å². The van der Waals surface area contributed by atoms with Gasteiger partial charge in [0.25, 0.3) is 11.5 Å². The van der Waals surface area contributed by atoms with Crippen LogP contribution in [-0.4, -0.2) is 24.1 Å². The fraction of sp³-hybridized carbons (Fsp3) is 0.368. The summed E-state index contributed by atoms with van der Waals surface area (Å²) in [5.41, 5.74) is -2.51. The quantitative estimate of drug-likeness (QED) is 0.583. The lowest BCUT2D eigenvalue weighted by Crippen LogP contribution is -2.21. The van der Waals surface area contributed by atoms with Gasteiger partial charge < -0.3 is 19.8 Å². The number of hydrogen-bond donors (Lipinski definition) is 2. The second-order valence-corrected chi connectivity index (χ2v) is 6.41. The molecule has 10 heteroatoms. The number of nitrogens with one attached hydrogen (secondary N) is 2. The lowest BCUT2D eigenvalue weighted by Gasteiger charge is -2.15. The van der Waals surface area contributed by atoms with Crippen LogP contribution in [0.3, 0.4) is 0 Å². The molecule has 0 unspecified atom stereocenters. The molecule has 1 amide bonds. The number of ether oxygens (including phenoxy) is 2. The Hall–Kier alpha value is -2.68. The van der Waals surface area contributed by atoms with Crippen LogP contribution in [0.2, 0.25) is 5.02 Å². The first-order chi connectivity index (χ1) is 13.7. The summed E-state index contributed by atoms with van der Waals surface area (Å²) in [6.45, 7) is 4.41. The summed E-state index contributed by atoms with van der Waals surface area (Å²) in [6.07, 6.45) is -2.44. The number of pyridine rings is 1. The zero-order valence-corrected chi connectivity index (χ0v) is 16.5. The first kappa shape index (κ1) is 22.6. The van der Waals surface area contributed by atoms with Gasteiger partial charge in [-0.1, -0.05) is 24.9 Å². The van der Waals surface area contributed by atoms with Gasteiger partial charge in [-0.3, -0.25) is 9.59 Å². The number of unbranched alkanes of at least 4 members (excludes halogenated alkanes) is 1. The van der Waals surface area contributed by atoms with Crippen molar-refractivity contribution in [2.45, 2.75) is 32.9 Å². The molecule has 0 saturated heterocycles. The second-order valence-electron chi connectivity index (χ2n) is 6.00. The fourth-order valence-electron chi connectivity index (χ4n) is 2.36. The van der Waals surface area contributed by atoms with E-state index in [4.69, 9.17) is 21.1 Å². The molecule has 0 aliphatic rings. The molecular weight excluding hydrogens is 413 g/mol. The summed E-state index contributed by atoms with van der Waals surface area (Å²) in [7, 11) is 0. The molecule has 1 aromatic heterocycles. The number of benzene rings is 1. The summed E-state index contributed by atoms with van der Waals surface area (Å²) in [4.78, 5) is 26.3. The molecule has 0 aliphatic carbocycles. The first-order valence-corrected chi connectivity index (χ1v) is 9.25. The van der Waals surface area contributed by atoms with Gasteiger partial charge in [0.2, 0.25) is 0 Å². The third kappa shape index (κ3) is 5.90. The third-order valence-electron chi connectivity index (χ3n) is 3.79. The molecule has 0 spiro atoms. The number of aromatic nitrogens is 1. The molecule has 0 fully saturated rings. The highest BCUT2D eigenvalue weighted by Crippen LogP contribution is 2.37. The molecular formula is C19H20ClF3N2O4. The highest BCUT2D eigenvalue weighted by Gasteiger charge is 2.31. The summed E-state index contributed by atoms with van der Waals surface area (Å²) in [6, 6.07) is 3.21. The van der Waals surface area contributed by atoms with Crippen molar-refractivity contribution >= 4 is 23.2 Å². The average Bonchev–Trinajstić information content (AvgIpc) is 2.64. The summed E-state index contributed by atoms with van der Waals surface area (Å²) >= 11 is 6.21. The van der Waals surface area contributed by atoms with Crippen LogP contribution in [0, 0.1) is 0 Å². The van der Waals surface area contributed by atoms with E-state index in [1.807, 2.05) is 11.9 Å². The van der Waals surface area contributed by atoms with Crippen LogP contribution in [-0.2, 0) is 6.18 Å². The summed E-state index contributed by atoms with van der Waals surface area (Å²) in [5.74, 6) is -0.326. The zero-order chi connectivity index (χ0) is 21.6. The van der Waals surface area contributed by atoms with Crippen LogP contribution in [0.5, 0.6) is 11.5 Å². The van der Waals surface area contributed by atoms with Crippen LogP contribution in [0.4, 0.5) is 18.9 Å². The minimum Gasteiger partial charge on any atom is -0.490 e. The topological polar surface area (TPSA) is 80.4 Å². The molecule has 0 aliphatic heterocycles. The van der Waals surface area contributed by atoms with Gasteiger partial charge >= 0.3 is 6.18 Å². The van der Waals surface area contributed by atoms with Crippen molar-refractivity contribution < 1.29 is 27.4 Å². The van der Waals surface area contributed by atoms with Crippen molar-refractivity contribution in [3.8, 4) is 11.5 Å². The summed E-state index contributed by atoms with van der Waals surface area (Å²) in [5, 5.41) is 2.28. The molecule has 0 bridgehead atoms. The Bertz CT molecular complexity index is 929. The molecule has 1 aromatic carbocycles. The Labute approximate surface area is 170 Å². The molecule has 0 radical (unpaired) electrons. The van der Waals surface area contributed by atoms with Crippen LogP contribution >= 0.6 is 11.6 Å². The molecule has 2 rings (SSSR count). The van der Waals surface area contributed by atoms with Gasteiger partial charge in [-0.25, -0.2) is 0 Å². The van der Waals surface area contributed by atoms with E-state index in [-0.39, 0.29) is 28.7 Å². The molecule has 158 valence electrons. The second kappa shape index (κ2) is 9.69. The Balaban J connectivity index is 2.32. The smallest absolute Gasteiger partial charge is 0.417 e. The summed E-state index contributed by atoms with van der Waals surface area (Å²) < 4.78 is 49.6. The zero-order valence-electron chi connectivity index (χ0n) is 15.8. The number of anilines is 1. The normalized spacial score (nSPS) is 11.2. The SMILES string of the molecule is CCCCOc1c(Cl)cc(C(=O)Nc2cc(C(F)(F)F)c[nH]c2=O)cc1OCC. The molecule has 2 aromatic rings. The largest absolute Gasteiger partial charge is 0.490 e. The van der Waals surface area contributed by atoms with Crippen molar-refractivity contribution in [1.29, 1.82) is 0 Å². The minimum atomic E-state index is -4.67. The maximum atomic E-state index is 12.8. The van der Waals surface area contributed by atoms with Gasteiger partial charge in [0.15, 0.2) is 11.5 Å². The van der Waals surface area contributed by atoms with Crippen molar-refractivity contribution in [1.82, 2.24) is 4.98 Å². The number of H-pyrrole nitrogens is 1. The Morgan fingerprint density at radius 2 is 1.93 bits per heavy atom. The third-order valence-corrected chi connectivity index (χ3v) is 4.08.